The van der Waals surface area contributed by atoms with E-state index in [2.05, 4.69) is 335 Å². The first-order valence-corrected chi connectivity index (χ1v) is 41.3. The molecule has 0 unspecified atom stereocenters. The Morgan fingerprint density at radius 3 is 1.12 bits per heavy atom. The summed E-state index contributed by atoms with van der Waals surface area (Å²) in [5.41, 5.74) is 20.9. The molecule has 0 aliphatic rings. The number of hydrogen-bond acceptors (Lipinski definition) is 9. The van der Waals surface area contributed by atoms with E-state index in [0.29, 0.717) is 34.9 Å². The van der Waals surface area contributed by atoms with Gasteiger partial charge in [-0.2, -0.15) is 0 Å². The van der Waals surface area contributed by atoms with Crippen LogP contribution in [0.2, 0.25) is 0 Å². The molecule has 19 aromatic carbocycles. The molecule has 0 spiro atoms. The maximum absolute atomic E-state index is 6.81. The van der Waals surface area contributed by atoms with E-state index in [9.17, 15) is 0 Å². The Hall–Kier alpha value is -16.0. The summed E-state index contributed by atoms with van der Waals surface area (Å²) in [6.07, 6.45) is 0. The minimum absolute atomic E-state index is 0.584. The molecule has 11 nitrogen and oxygen atoms in total. The number of benzene rings is 19. The van der Waals surface area contributed by atoms with Crippen LogP contribution in [0.15, 0.2) is 367 Å². The fraction of sp³-hybridized carbons (Fsp3) is 0. The lowest BCUT2D eigenvalue weighted by Gasteiger charge is -2.16. The van der Waals surface area contributed by atoms with E-state index in [-0.39, 0.29) is 0 Å². The van der Waals surface area contributed by atoms with Crippen LogP contribution in [0.3, 0.4) is 0 Å². The minimum atomic E-state index is 0.584. The van der Waals surface area contributed by atoms with Crippen molar-refractivity contribution in [2.75, 3.05) is 0 Å². The van der Waals surface area contributed by atoms with E-state index in [1.165, 1.54) is 36.3 Å². The van der Waals surface area contributed by atoms with Crippen LogP contribution in [0.5, 0.6) is 0 Å². The van der Waals surface area contributed by atoms with E-state index in [1.54, 1.807) is 11.3 Å². The number of hydrogen-bond donors (Lipinski definition) is 0. The molecule has 8 heterocycles. The molecule has 27 rings (SSSR count). The molecule has 8 aromatic heterocycles. The summed E-state index contributed by atoms with van der Waals surface area (Å²) in [5, 5.41) is 22.5. The van der Waals surface area contributed by atoms with Crippen LogP contribution in [0.25, 0.3) is 269 Å². The van der Waals surface area contributed by atoms with Crippen molar-refractivity contribution in [1.29, 1.82) is 0 Å². The highest BCUT2D eigenvalue weighted by Gasteiger charge is 2.29. The van der Waals surface area contributed by atoms with E-state index < -0.39 is 0 Å². The number of thiophene rings is 1. The Bertz CT molecular complexity index is 8880. The molecule has 0 aliphatic heterocycles. The molecular weight excluding hydrogens is 1490 g/mol. The van der Waals surface area contributed by atoms with E-state index in [0.717, 1.165) is 198 Å². The lowest BCUT2D eigenvalue weighted by atomic mass is 10.00. The predicted octanol–water partition coefficient (Wildman–Crippen LogP) is 28.7. The van der Waals surface area contributed by atoms with Gasteiger partial charge < -0.3 is 22.5 Å². The standard InChI is InChI=1S/C108H59N9O2S/c1-3-19-64(20-4-1)103-109-105(113-106(110-103)75-48-54-81(72-31-9-7-29-70(72)75)116-84-50-42-60-23-14-37-88-94(60)99(84)100-85(116)51-43-61-24-15-38-89(118-88)95(61)100)68-46-56-92-79(58-68)74-47-41-67(59-93(74)120-92)66-27-13-28-69(57-66)115-80-35-12-11-33-77(80)98-78(34-18-36-83(98)115)108-112-104(65-21-5-2-6-22-65)111-107(114-108)76-49-55-82(73-32-10-8-30-71(73)76)117-86-52-44-62-25-16-39-90-96(62)101(86)102-87(117)53-45-63-26-17-40-91(119-90)97(63)102/h1-59H. The Kier molecular flexibility index (Phi) is 13.5. The van der Waals surface area contributed by atoms with E-state index in [1.807, 2.05) is 36.4 Å². The molecule has 120 heavy (non-hydrogen) atoms. The second-order valence-corrected chi connectivity index (χ2v) is 32.5. The third kappa shape index (κ3) is 9.38. The van der Waals surface area contributed by atoms with Gasteiger partial charge in [0, 0.05) is 124 Å². The van der Waals surface area contributed by atoms with Gasteiger partial charge in [-0.3, -0.25) is 0 Å². The molecule has 0 saturated heterocycles. The van der Waals surface area contributed by atoms with Crippen molar-refractivity contribution in [3.05, 3.63) is 358 Å². The molecule has 554 valence electrons. The summed E-state index contributed by atoms with van der Waals surface area (Å²) in [6, 6.07) is 128. The van der Waals surface area contributed by atoms with Crippen LogP contribution in [0.1, 0.15) is 0 Å². The maximum Gasteiger partial charge on any atom is 0.164 e. The van der Waals surface area contributed by atoms with Crippen molar-refractivity contribution >= 4 is 184 Å². The first-order valence-electron chi connectivity index (χ1n) is 40.5. The van der Waals surface area contributed by atoms with Gasteiger partial charge in [-0.15, -0.1) is 11.3 Å². The smallest absolute Gasteiger partial charge is 0.164 e. The van der Waals surface area contributed by atoms with Crippen molar-refractivity contribution in [2.24, 2.45) is 0 Å². The molecule has 12 heteroatoms. The van der Waals surface area contributed by atoms with Crippen LogP contribution in [-0.2, 0) is 0 Å². The highest BCUT2D eigenvalue weighted by molar-refractivity contribution is 7.25. The molecule has 0 N–H and O–H groups in total. The normalized spacial score (nSPS) is 12.3. The van der Waals surface area contributed by atoms with Crippen LogP contribution in [0, 0.1) is 0 Å². The Balaban J connectivity index is 0.556. The molecule has 0 aliphatic carbocycles. The third-order valence-electron chi connectivity index (χ3n) is 25.1. The largest absolute Gasteiger partial charge is 0.456 e. The summed E-state index contributed by atoms with van der Waals surface area (Å²) >= 11 is 1.80. The van der Waals surface area contributed by atoms with Gasteiger partial charge in [0.05, 0.1) is 44.5 Å². The van der Waals surface area contributed by atoms with Crippen molar-refractivity contribution in [1.82, 2.24) is 43.6 Å². The van der Waals surface area contributed by atoms with Crippen molar-refractivity contribution in [2.45, 2.75) is 0 Å². The van der Waals surface area contributed by atoms with Gasteiger partial charge in [0.25, 0.3) is 0 Å². The zero-order valence-corrected chi connectivity index (χ0v) is 64.6. The van der Waals surface area contributed by atoms with Crippen LogP contribution in [-0.4, -0.2) is 43.6 Å². The number of para-hydroxylation sites is 1. The van der Waals surface area contributed by atoms with Gasteiger partial charge in [-0.1, -0.05) is 237 Å². The van der Waals surface area contributed by atoms with Gasteiger partial charge in [-0.05, 0) is 165 Å². The van der Waals surface area contributed by atoms with Crippen LogP contribution >= 0.6 is 11.3 Å². The quantitative estimate of drug-likeness (QED) is 0.133. The first kappa shape index (κ1) is 65.3. The molecular formula is C108H59N9O2S. The summed E-state index contributed by atoms with van der Waals surface area (Å²) < 4.78 is 23.2. The third-order valence-corrected chi connectivity index (χ3v) is 26.2. The van der Waals surface area contributed by atoms with Gasteiger partial charge >= 0.3 is 0 Å². The highest BCUT2D eigenvalue weighted by Crippen LogP contribution is 2.51. The second-order valence-electron chi connectivity index (χ2n) is 31.5. The number of rotatable bonds is 10. The van der Waals surface area contributed by atoms with Crippen LogP contribution < -0.4 is 0 Å². The molecule has 0 amide bonds. The minimum Gasteiger partial charge on any atom is -0.456 e. The predicted molar refractivity (Wildman–Crippen MR) is 494 cm³/mol. The van der Waals surface area contributed by atoms with Gasteiger partial charge in [0.2, 0.25) is 0 Å². The van der Waals surface area contributed by atoms with E-state index in [4.69, 9.17) is 38.7 Å². The monoisotopic (exact) mass is 1550 g/mol. The molecule has 0 bridgehead atoms. The topological polar surface area (TPSA) is 118 Å². The highest BCUT2D eigenvalue weighted by atomic mass is 32.1. The van der Waals surface area contributed by atoms with Crippen LogP contribution in [0.4, 0.5) is 0 Å². The summed E-state index contributed by atoms with van der Waals surface area (Å²) in [6.45, 7) is 0. The van der Waals surface area contributed by atoms with Gasteiger partial charge in [0.15, 0.2) is 34.9 Å². The first-order chi connectivity index (χ1) is 59.5. The zero-order chi connectivity index (χ0) is 78.1. The molecule has 0 fully saturated rings. The zero-order valence-electron chi connectivity index (χ0n) is 63.8. The van der Waals surface area contributed by atoms with Gasteiger partial charge in [-0.25, -0.2) is 29.9 Å². The Labute approximate surface area is 686 Å². The van der Waals surface area contributed by atoms with E-state index >= 15 is 0 Å². The lowest BCUT2D eigenvalue weighted by molar-refractivity contribution is 0.663. The fourth-order valence-corrected chi connectivity index (χ4v) is 21.0. The second kappa shape index (κ2) is 24.8. The summed E-state index contributed by atoms with van der Waals surface area (Å²) in [4.78, 5) is 32.6. The number of aromatic nitrogens is 9. The number of nitrogens with zero attached hydrogens (tertiary/aromatic N) is 9. The van der Waals surface area contributed by atoms with Gasteiger partial charge in [0.1, 0.15) is 22.3 Å². The average Bonchev–Trinajstić information content (AvgIpc) is 1.54. The van der Waals surface area contributed by atoms with Crippen molar-refractivity contribution in [3.63, 3.8) is 0 Å². The molecule has 27 aromatic rings. The Morgan fingerprint density at radius 2 is 0.600 bits per heavy atom. The summed E-state index contributed by atoms with van der Waals surface area (Å²) in [5.74, 6) is 3.56. The summed E-state index contributed by atoms with van der Waals surface area (Å²) in [7, 11) is 0. The Morgan fingerprint density at radius 1 is 0.200 bits per heavy atom. The van der Waals surface area contributed by atoms with Crippen molar-refractivity contribution < 1.29 is 8.83 Å². The fourth-order valence-electron chi connectivity index (χ4n) is 19.9. The molecule has 0 radical (unpaired) electrons. The SMILES string of the molecule is c1ccc(-c2nc(-c3ccc4sc5cc(-c6cccc(-n7c8ccccc8c8c(-c9nc(-c%10ccccc%10)nc(-c%10ccc(-n%11c%12ccc%13cccc%14oc%15cccc%16ccc%11c(c%16%15)c%12c%13%14)c%11ccccc%10%11)n9)cccc87)c6)ccc5c4c3)nc(-c3ccc(-n4c5ccc6cccc7oc8cccc9ccc4c(c98)c5c67)c4ccccc34)n2)cc1. The van der Waals surface area contributed by atoms with Crippen molar-refractivity contribution in [3.8, 4) is 96.5 Å². The molecule has 0 atom stereocenters. The maximum atomic E-state index is 6.81. The average molecular weight is 1550 g/mol. The number of fused-ring (bicyclic) bond motifs is 8. The lowest BCUT2D eigenvalue weighted by Crippen LogP contribution is -2.02. The molecule has 0 saturated carbocycles.